The van der Waals surface area contributed by atoms with Crippen LogP contribution in [-0.4, -0.2) is 56.4 Å². The van der Waals surface area contributed by atoms with Gasteiger partial charge in [-0.1, -0.05) is 11.6 Å². The standard InChI is InChI=1S/C24H32N6O2/c1-4-30-16(3)19(13-25-30)22-21-18(12-20(17-8-9-17)27-24(21)32-28-22)23(31)26-15(2)14-29-10-6-5-7-11-29/h12-13,15,17H,4-11,14H2,1-3H3,(H,26,31). The third kappa shape index (κ3) is 4.03. The van der Waals surface area contributed by atoms with Crippen molar-refractivity contribution < 1.29 is 9.32 Å². The molecule has 1 saturated carbocycles. The summed E-state index contributed by atoms with van der Waals surface area (Å²) in [6, 6.07) is 2.00. The fraction of sp³-hybridized carbons (Fsp3) is 0.583. The number of carbonyl (C=O) groups excluding carboxylic acids is 1. The summed E-state index contributed by atoms with van der Waals surface area (Å²) in [4.78, 5) is 20.6. The van der Waals surface area contributed by atoms with E-state index in [4.69, 9.17) is 9.51 Å². The lowest BCUT2D eigenvalue weighted by molar-refractivity contribution is 0.0927. The van der Waals surface area contributed by atoms with Crippen LogP contribution in [-0.2, 0) is 6.54 Å². The number of likely N-dealkylation sites (tertiary alicyclic amines) is 1. The van der Waals surface area contributed by atoms with Crippen molar-refractivity contribution in [1.82, 2.24) is 30.1 Å². The summed E-state index contributed by atoms with van der Waals surface area (Å²) in [6.45, 7) is 10.0. The molecule has 0 aromatic carbocycles. The lowest BCUT2D eigenvalue weighted by Gasteiger charge is -2.29. The van der Waals surface area contributed by atoms with Gasteiger partial charge < -0.3 is 14.7 Å². The second-order valence-corrected chi connectivity index (χ2v) is 9.28. The maximum absolute atomic E-state index is 13.5. The number of pyridine rings is 1. The number of carbonyl (C=O) groups is 1. The molecule has 3 aromatic heterocycles. The summed E-state index contributed by atoms with van der Waals surface area (Å²) in [7, 11) is 0. The minimum atomic E-state index is -0.0891. The van der Waals surface area contributed by atoms with Crippen LogP contribution in [0.25, 0.3) is 22.4 Å². The number of aryl methyl sites for hydroxylation is 1. The molecule has 32 heavy (non-hydrogen) atoms. The molecule has 1 aliphatic carbocycles. The van der Waals surface area contributed by atoms with Crippen molar-refractivity contribution in [2.75, 3.05) is 19.6 Å². The van der Waals surface area contributed by atoms with Gasteiger partial charge >= 0.3 is 0 Å². The van der Waals surface area contributed by atoms with Crippen molar-refractivity contribution in [3.63, 3.8) is 0 Å². The number of nitrogens with zero attached hydrogens (tertiary/aromatic N) is 5. The number of piperidine rings is 1. The third-order valence-corrected chi connectivity index (χ3v) is 6.72. The zero-order valence-electron chi connectivity index (χ0n) is 19.2. The van der Waals surface area contributed by atoms with E-state index in [0.717, 1.165) is 56.0 Å². The third-order valence-electron chi connectivity index (χ3n) is 6.72. The van der Waals surface area contributed by atoms with Crippen LogP contribution in [0.2, 0.25) is 0 Å². The number of nitrogens with one attached hydrogen (secondary N) is 1. The van der Waals surface area contributed by atoms with E-state index < -0.39 is 0 Å². The first-order valence-electron chi connectivity index (χ1n) is 11.9. The molecule has 1 amide bonds. The number of hydrogen-bond donors (Lipinski definition) is 1. The molecule has 0 spiro atoms. The van der Waals surface area contributed by atoms with Crippen LogP contribution in [0, 0.1) is 6.92 Å². The van der Waals surface area contributed by atoms with Crippen LogP contribution in [0.1, 0.15) is 73.6 Å². The van der Waals surface area contributed by atoms with E-state index in [0.29, 0.717) is 28.3 Å². The Kier molecular flexibility index (Phi) is 5.71. The Morgan fingerprint density at radius 2 is 2.06 bits per heavy atom. The highest BCUT2D eigenvalue weighted by atomic mass is 16.5. The van der Waals surface area contributed by atoms with E-state index in [-0.39, 0.29) is 11.9 Å². The van der Waals surface area contributed by atoms with Crippen LogP contribution < -0.4 is 5.32 Å². The molecular formula is C24H32N6O2. The molecule has 1 unspecified atom stereocenters. The van der Waals surface area contributed by atoms with Crippen molar-refractivity contribution in [3.8, 4) is 11.3 Å². The topological polar surface area (TPSA) is 89.1 Å². The van der Waals surface area contributed by atoms with Crippen molar-refractivity contribution in [1.29, 1.82) is 0 Å². The fourth-order valence-electron chi connectivity index (χ4n) is 4.80. The second kappa shape index (κ2) is 8.65. The van der Waals surface area contributed by atoms with E-state index >= 15 is 0 Å². The predicted octanol–water partition coefficient (Wildman–Crippen LogP) is 3.90. The molecular weight excluding hydrogens is 404 g/mol. The molecule has 170 valence electrons. The maximum atomic E-state index is 13.5. The highest BCUT2D eigenvalue weighted by molar-refractivity contribution is 6.09. The Morgan fingerprint density at radius 3 is 2.75 bits per heavy atom. The van der Waals surface area contributed by atoms with Gasteiger partial charge in [0, 0.05) is 42.0 Å². The van der Waals surface area contributed by atoms with Gasteiger partial charge in [-0.2, -0.15) is 5.10 Å². The van der Waals surface area contributed by atoms with E-state index in [2.05, 4.69) is 34.3 Å². The minimum Gasteiger partial charge on any atom is -0.348 e. The van der Waals surface area contributed by atoms with Gasteiger partial charge in [0.05, 0.1) is 17.1 Å². The van der Waals surface area contributed by atoms with E-state index in [1.807, 2.05) is 17.7 Å². The molecule has 5 rings (SSSR count). The highest BCUT2D eigenvalue weighted by Gasteiger charge is 2.30. The van der Waals surface area contributed by atoms with Gasteiger partial charge in [-0.15, -0.1) is 0 Å². The molecule has 8 heteroatoms. The summed E-state index contributed by atoms with van der Waals surface area (Å²) >= 11 is 0. The van der Waals surface area contributed by atoms with Gasteiger partial charge in [-0.05, 0) is 65.6 Å². The lowest BCUT2D eigenvalue weighted by atomic mass is 10.0. The van der Waals surface area contributed by atoms with Gasteiger partial charge in [0.1, 0.15) is 5.69 Å². The molecule has 1 saturated heterocycles. The molecule has 2 aliphatic rings. The molecule has 2 fully saturated rings. The molecule has 1 aliphatic heterocycles. The normalized spacial score (nSPS) is 18.2. The second-order valence-electron chi connectivity index (χ2n) is 9.28. The van der Waals surface area contributed by atoms with E-state index in [1.54, 1.807) is 6.20 Å². The first kappa shape index (κ1) is 21.1. The summed E-state index contributed by atoms with van der Waals surface area (Å²) < 4.78 is 7.57. The quantitative estimate of drug-likeness (QED) is 0.604. The molecule has 1 atom stereocenters. The summed E-state index contributed by atoms with van der Waals surface area (Å²) in [6.07, 6.45) is 7.80. The lowest BCUT2D eigenvalue weighted by Crippen LogP contribution is -2.43. The summed E-state index contributed by atoms with van der Waals surface area (Å²) in [5.41, 5.74) is 4.47. The van der Waals surface area contributed by atoms with Crippen molar-refractivity contribution in [2.45, 2.75) is 71.4 Å². The van der Waals surface area contributed by atoms with Gasteiger partial charge in [0.15, 0.2) is 0 Å². The van der Waals surface area contributed by atoms with Crippen molar-refractivity contribution in [3.05, 3.63) is 29.2 Å². The van der Waals surface area contributed by atoms with Crippen LogP contribution in [0.15, 0.2) is 16.8 Å². The van der Waals surface area contributed by atoms with Crippen molar-refractivity contribution in [2.24, 2.45) is 0 Å². The Bertz CT molecular complexity index is 1120. The fourth-order valence-corrected chi connectivity index (χ4v) is 4.80. The average molecular weight is 437 g/mol. The predicted molar refractivity (Wildman–Crippen MR) is 123 cm³/mol. The number of hydrogen-bond acceptors (Lipinski definition) is 6. The smallest absolute Gasteiger partial charge is 0.259 e. The first-order chi connectivity index (χ1) is 15.5. The molecule has 1 N–H and O–H groups in total. The van der Waals surface area contributed by atoms with E-state index in [1.165, 1.54) is 19.3 Å². The zero-order chi connectivity index (χ0) is 22.2. The Labute approximate surface area is 188 Å². The molecule has 0 radical (unpaired) electrons. The highest BCUT2D eigenvalue weighted by Crippen LogP contribution is 2.41. The number of amides is 1. The van der Waals surface area contributed by atoms with Gasteiger partial charge in [0.2, 0.25) is 0 Å². The number of fused-ring (bicyclic) bond motifs is 1. The average Bonchev–Trinajstić information content (AvgIpc) is 3.46. The molecule has 3 aromatic rings. The Hall–Kier alpha value is -2.74. The van der Waals surface area contributed by atoms with Crippen LogP contribution in [0.4, 0.5) is 0 Å². The molecule has 0 bridgehead atoms. The van der Waals surface area contributed by atoms with Gasteiger partial charge in [0.25, 0.3) is 11.6 Å². The largest absolute Gasteiger partial charge is 0.348 e. The van der Waals surface area contributed by atoms with Gasteiger partial charge in [-0.3, -0.25) is 9.48 Å². The summed E-state index contributed by atoms with van der Waals surface area (Å²) in [5.74, 6) is 0.323. The van der Waals surface area contributed by atoms with E-state index in [9.17, 15) is 4.79 Å². The van der Waals surface area contributed by atoms with Crippen molar-refractivity contribution >= 4 is 17.0 Å². The summed E-state index contributed by atoms with van der Waals surface area (Å²) in [5, 5.41) is 12.7. The Balaban J connectivity index is 1.49. The van der Waals surface area contributed by atoms with Crippen LogP contribution in [0.3, 0.4) is 0 Å². The van der Waals surface area contributed by atoms with Crippen LogP contribution in [0.5, 0.6) is 0 Å². The molecule has 8 nitrogen and oxygen atoms in total. The monoisotopic (exact) mass is 436 g/mol. The minimum absolute atomic E-state index is 0.0566. The SMILES string of the molecule is CCn1ncc(-c2noc3nc(C4CC4)cc(C(=O)NC(C)CN4CCCCC4)c23)c1C. The maximum Gasteiger partial charge on any atom is 0.259 e. The number of aromatic nitrogens is 4. The first-order valence-corrected chi connectivity index (χ1v) is 11.9. The van der Waals surface area contributed by atoms with Crippen LogP contribution >= 0.6 is 0 Å². The molecule has 4 heterocycles. The Morgan fingerprint density at radius 1 is 1.28 bits per heavy atom. The van der Waals surface area contributed by atoms with Gasteiger partial charge in [-0.25, -0.2) is 4.98 Å². The zero-order valence-corrected chi connectivity index (χ0v) is 19.2. The number of rotatable bonds is 7.